The number of aryl methyl sites for hydroxylation is 2. The number of aliphatic carboxylic acids is 1. The molecule has 0 radical (unpaired) electrons. The number of hydrogen-bond acceptors (Lipinski definition) is 3. The number of carboxylic acids is 1. The number of hydrogen-bond donors (Lipinski definition) is 0. The molecule has 1 heterocycles. The highest BCUT2D eigenvalue weighted by atomic mass is 16.4. The summed E-state index contributed by atoms with van der Waals surface area (Å²) in [6.07, 6.45) is 0. The molecule has 4 nitrogen and oxygen atoms in total. The number of carboxylic acid groups (broad SMARTS) is 1. The fraction of sp³-hybridized carbons (Fsp3) is 0.231. The van der Waals surface area contributed by atoms with Crippen LogP contribution in [-0.2, 0) is 11.8 Å². The standard InChI is InChI=1S/C11H11NO.C2H4O2/c1-8-7-9-5-3-4-6-10(9)12(2)11(8)13;1-2(3)4/h3-7H,1-2H3;1H3,(H,3,4)/p-1. The Morgan fingerprint density at radius 3 is 2.41 bits per heavy atom. The monoisotopic (exact) mass is 232 g/mol. The summed E-state index contributed by atoms with van der Waals surface area (Å²) in [4.78, 5) is 20.4. The first-order valence-corrected chi connectivity index (χ1v) is 5.16. The number of carbonyl (C=O) groups excluding carboxylic acids is 1. The third-order valence-electron chi connectivity index (χ3n) is 2.31. The molecule has 0 atom stereocenters. The molecule has 0 saturated heterocycles. The number of rotatable bonds is 0. The Labute approximate surface area is 99.1 Å². The van der Waals surface area contributed by atoms with E-state index in [1.54, 1.807) is 11.6 Å². The molecule has 0 fully saturated rings. The van der Waals surface area contributed by atoms with Crippen LogP contribution in [0.3, 0.4) is 0 Å². The van der Waals surface area contributed by atoms with Crippen LogP contribution in [0.15, 0.2) is 35.1 Å². The fourth-order valence-electron chi connectivity index (χ4n) is 1.58. The molecule has 0 aliphatic carbocycles. The molecule has 0 aliphatic heterocycles. The number of benzene rings is 1. The van der Waals surface area contributed by atoms with Gasteiger partial charge in [-0.25, -0.2) is 0 Å². The van der Waals surface area contributed by atoms with Crippen LogP contribution in [0.25, 0.3) is 10.9 Å². The van der Waals surface area contributed by atoms with Crippen molar-refractivity contribution in [2.24, 2.45) is 7.05 Å². The second-order valence-electron chi connectivity index (χ2n) is 3.74. The average molecular weight is 232 g/mol. The molecule has 1 aromatic heterocycles. The summed E-state index contributed by atoms with van der Waals surface area (Å²) in [7, 11) is 1.80. The molecule has 4 heteroatoms. The molecule has 0 bridgehead atoms. The number of fused-ring (bicyclic) bond motifs is 1. The van der Waals surface area contributed by atoms with E-state index in [0.29, 0.717) is 0 Å². The minimum Gasteiger partial charge on any atom is -0.550 e. The van der Waals surface area contributed by atoms with Crippen LogP contribution >= 0.6 is 0 Å². The van der Waals surface area contributed by atoms with Gasteiger partial charge in [-0.1, -0.05) is 18.2 Å². The first-order chi connectivity index (χ1) is 7.93. The maximum absolute atomic E-state index is 11.5. The number of para-hydroxylation sites is 1. The van der Waals surface area contributed by atoms with Crippen LogP contribution in [0, 0.1) is 6.92 Å². The van der Waals surface area contributed by atoms with E-state index in [9.17, 15) is 4.79 Å². The Morgan fingerprint density at radius 2 is 1.82 bits per heavy atom. The zero-order valence-corrected chi connectivity index (χ0v) is 10.1. The van der Waals surface area contributed by atoms with Crippen LogP contribution in [0.5, 0.6) is 0 Å². The van der Waals surface area contributed by atoms with Gasteiger partial charge >= 0.3 is 0 Å². The van der Waals surface area contributed by atoms with Crippen molar-refractivity contribution in [3.05, 3.63) is 46.2 Å². The van der Waals surface area contributed by atoms with E-state index >= 15 is 0 Å². The molecule has 17 heavy (non-hydrogen) atoms. The van der Waals surface area contributed by atoms with E-state index < -0.39 is 5.97 Å². The molecule has 0 aliphatic rings. The van der Waals surface area contributed by atoms with Crippen LogP contribution in [0.2, 0.25) is 0 Å². The summed E-state index contributed by atoms with van der Waals surface area (Å²) in [5.74, 6) is -1.08. The summed E-state index contributed by atoms with van der Waals surface area (Å²) in [6.45, 7) is 2.81. The largest absolute Gasteiger partial charge is 0.550 e. The Morgan fingerprint density at radius 1 is 1.29 bits per heavy atom. The fourth-order valence-corrected chi connectivity index (χ4v) is 1.58. The Bertz CT molecular complexity index is 595. The minimum absolute atomic E-state index is 0.0821. The molecule has 0 spiro atoms. The van der Waals surface area contributed by atoms with Gasteiger partial charge in [0.05, 0.1) is 5.52 Å². The van der Waals surface area contributed by atoms with E-state index in [2.05, 4.69) is 0 Å². The van der Waals surface area contributed by atoms with E-state index in [0.717, 1.165) is 23.4 Å². The quantitative estimate of drug-likeness (QED) is 0.668. The molecule has 2 aromatic rings. The Kier molecular flexibility index (Phi) is 4.04. The zero-order valence-electron chi connectivity index (χ0n) is 10.1. The minimum atomic E-state index is -1.08. The number of carbonyl (C=O) groups is 1. The molecule has 0 unspecified atom stereocenters. The maximum Gasteiger partial charge on any atom is 0.253 e. The molecule has 0 N–H and O–H groups in total. The van der Waals surface area contributed by atoms with Crippen LogP contribution in [0.4, 0.5) is 0 Å². The van der Waals surface area contributed by atoms with Crippen molar-refractivity contribution in [2.75, 3.05) is 0 Å². The highest BCUT2D eigenvalue weighted by Crippen LogP contribution is 2.11. The Balaban J connectivity index is 0.000000317. The summed E-state index contributed by atoms with van der Waals surface area (Å²) in [5, 5.41) is 10.0. The molecule has 2 rings (SSSR count). The topological polar surface area (TPSA) is 62.1 Å². The highest BCUT2D eigenvalue weighted by molar-refractivity contribution is 5.79. The predicted octanol–water partition coefficient (Wildman–Crippen LogP) is 0.603. The van der Waals surface area contributed by atoms with Crippen molar-refractivity contribution in [3.8, 4) is 0 Å². The molecule has 90 valence electrons. The van der Waals surface area contributed by atoms with Gasteiger partial charge < -0.3 is 14.5 Å². The first kappa shape index (κ1) is 13.0. The lowest BCUT2D eigenvalue weighted by Crippen LogP contribution is -2.18. The molecule has 0 saturated carbocycles. The number of nitrogens with zero attached hydrogens (tertiary/aromatic N) is 1. The van der Waals surface area contributed by atoms with Gasteiger partial charge in [0.1, 0.15) is 0 Å². The van der Waals surface area contributed by atoms with Crippen molar-refractivity contribution >= 4 is 16.9 Å². The van der Waals surface area contributed by atoms with Gasteiger partial charge in [-0.15, -0.1) is 0 Å². The lowest BCUT2D eigenvalue weighted by atomic mass is 10.1. The average Bonchev–Trinajstić information content (AvgIpc) is 2.25. The Hall–Kier alpha value is -2.10. The van der Waals surface area contributed by atoms with E-state index in [1.165, 1.54) is 0 Å². The first-order valence-electron chi connectivity index (χ1n) is 5.16. The van der Waals surface area contributed by atoms with Crippen molar-refractivity contribution < 1.29 is 9.90 Å². The van der Waals surface area contributed by atoms with E-state index in [4.69, 9.17) is 9.90 Å². The third kappa shape index (κ3) is 3.17. The number of aromatic nitrogens is 1. The van der Waals surface area contributed by atoms with Gasteiger partial charge in [-0.3, -0.25) is 4.79 Å². The smallest absolute Gasteiger partial charge is 0.253 e. The second kappa shape index (κ2) is 5.30. The van der Waals surface area contributed by atoms with Gasteiger partial charge in [0.15, 0.2) is 0 Å². The summed E-state index contributed by atoms with van der Waals surface area (Å²) in [6, 6.07) is 9.82. The summed E-state index contributed by atoms with van der Waals surface area (Å²) in [5.41, 5.74) is 1.86. The van der Waals surface area contributed by atoms with Gasteiger partial charge in [0.25, 0.3) is 5.56 Å². The number of pyridine rings is 1. The van der Waals surface area contributed by atoms with E-state index in [-0.39, 0.29) is 5.56 Å². The SMILES string of the molecule is CC(=O)[O-].Cc1cc2ccccc2n(C)c1=O. The maximum atomic E-state index is 11.5. The van der Waals surface area contributed by atoms with Gasteiger partial charge in [-0.2, -0.15) is 0 Å². The lowest BCUT2D eigenvalue weighted by molar-refractivity contribution is -0.302. The van der Waals surface area contributed by atoms with Crippen LogP contribution in [0.1, 0.15) is 12.5 Å². The van der Waals surface area contributed by atoms with Gasteiger partial charge in [0.2, 0.25) is 0 Å². The molecular weight excluding hydrogens is 218 g/mol. The zero-order chi connectivity index (χ0) is 13.0. The summed E-state index contributed by atoms with van der Waals surface area (Å²) >= 11 is 0. The van der Waals surface area contributed by atoms with Crippen molar-refractivity contribution in [1.82, 2.24) is 4.57 Å². The van der Waals surface area contributed by atoms with Crippen molar-refractivity contribution in [2.45, 2.75) is 13.8 Å². The predicted molar refractivity (Wildman–Crippen MR) is 64.6 cm³/mol. The van der Waals surface area contributed by atoms with Crippen LogP contribution < -0.4 is 10.7 Å². The molecular formula is C13H14NO3-. The molecule has 1 aromatic carbocycles. The second-order valence-corrected chi connectivity index (χ2v) is 3.74. The third-order valence-corrected chi connectivity index (χ3v) is 2.31. The lowest BCUT2D eigenvalue weighted by Gasteiger charge is -2.05. The van der Waals surface area contributed by atoms with Crippen molar-refractivity contribution in [3.63, 3.8) is 0 Å². The van der Waals surface area contributed by atoms with E-state index in [1.807, 2.05) is 37.3 Å². The van der Waals surface area contributed by atoms with Crippen molar-refractivity contribution in [1.29, 1.82) is 0 Å². The molecule has 0 amide bonds. The van der Waals surface area contributed by atoms with Gasteiger partial charge in [0, 0.05) is 18.6 Å². The normalized spacial score (nSPS) is 9.59. The highest BCUT2D eigenvalue weighted by Gasteiger charge is 2.00. The van der Waals surface area contributed by atoms with Gasteiger partial charge in [-0.05, 0) is 31.4 Å². The summed E-state index contributed by atoms with van der Waals surface area (Å²) < 4.78 is 1.69. The van der Waals surface area contributed by atoms with Crippen LogP contribution in [-0.4, -0.2) is 10.5 Å².